The lowest BCUT2D eigenvalue weighted by molar-refractivity contribution is 0.0473. The summed E-state index contributed by atoms with van der Waals surface area (Å²) in [6.07, 6.45) is 1.63. The highest BCUT2D eigenvalue weighted by molar-refractivity contribution is 6.31. The highest BCUT2D eigenvalue weighted by Gasteiger charge is 2.13. The molecule has 5 aromatic rings. The van der Waals surface area contributed by atoms with Gasteiger partial charge in [0.2, 0.25) is 0 Å². The van der Waals surface area contributed by atoms with E-state index < -0.39 is 5.97 Å². The van der Waals surface area contributed by atoms with Gasteiger partial charge in [-0.05, 0) is 42.5 Å². The number of fused-ring (bicyclic) bond motifs is 1. The van der Waals surface area contributed by atoms with Gasteiger partial charge in [-0.2, -0.15) is 5.26 Å². The molecule has 0 aliphatic rings. The lowest BCUT2D eigenvalue weighted by Crippen LogP contribution is -2.05. The zero-order chi connectivity index (χ0) is 24.2. The first kappa shape index (κ1) is 22.2. The van der Waals surface area contributed by atoms with Gasteiger partial charge >= 0.3 is 5.97 Å². The number of allylic oxidation sites excluding steroid dienone is 1. The molecule has 0 fully saturated rings. The Morgan fingerprint density at radius 1 is 1.06 bits per heavy atom. The zero-order valence-corrected chi connectivity index (χ0v) is 19.1. The smallest absolute Gasteiger partial charge is 0.338 e. The van der Waals surface area contributed by atoms with Crippen molar-refractivity contribution in [1.82, 2.24) is 9.97 Å². The number of rotatable bonds is 6. The fourth-order valence-electron chi connectivity index (χ4n) is 3.60. The molecule has 0 atom stereocenters. The number of esters is 1. The predicted octanol–water partition coefficient (Wildman–Crippen LogP) is 6.90. The van der Waals surface area contributed by atoms with Crippen molar-refractivity contribution in [2.24, 2.45) is 0 Å². The summed E-state index contributed by atoms with van der Waals surface area (Å²) in [5, 5.41) is 10.2. The van der Waals surface area contributed by atoms with Gasteiger partial charge in [0.1, 0.15) is 30.0 Å². The van der Waals surface area contributed by atoms with E-state index in [0.717, 1.165) is 16.6 Å². The van der Waals surface area contributed by atoms with Crippen LogP contribution in [0.15, 0.2) is 89.3 Å². The molecule has 1 N–H and O–H groups in total. The fourth-order valence-corrected chi connectivity index (χ4v) is 3.79. The molecule has 2 aromatic heterocycles. The van der Waals surface area contributed by atoms with Crippen LogP contribution in [0.1, 0.15) is 27.5 Å². The van der Waals surface area contributed by atoms with Crippen LogP contribution in [-0.2, 0) is 11.3 Å². The summed E-state index contributed by atoms with van der Waals surface area (Å²) in [7, 11) is 0. The number of hydrogen-bond donors (Lipinski definition) is 1. The Morgan fingerprint density at radius 3 is 2.71 bits per heavy atom. The number of H-pyrrole nitrogens is 1. The molecular weight excluding hydrogens is 462 g/mol. The Bertz CT molecular complexity index is 1570. The maximum Gasteiger partial charge on any atom is 0.338 e. The maximum absolute atomic E-state index is 12.6. The van der Waals surface area contributed by atoms with Crippen LogP contribution in [0.5, 0.6) is 0 Å². The highest BCUT2D eigenvalue weighted by atomic mass is 35.5. The number of furan rings is 1. The Balaban J connectivity index is 1.34. The van der Waals surface area contributed by atoms with Gasteiger partial charge in [-0.25, -0.2) is 9.78 Å². The maximum atomic E-state index is 12.6. The first-order valence-corrected chi connectivity index (χ1v) is 11.2. The lowest BCUT2D eigenvalue weighted by atomic mass is 10.1. The number of nitrogens with zero attached hydrogens (tertiary/aromatic N) is 2. The van der Waals surface area contributed by atoms with Crippen molar-refractivity contribution >= 4 is 40.3 Å². The summed E-state index contributed by atoms with van der Waals surface area (Å²) >= 11 is 6.13. The van der Waals surface area contributed by atoms with E-state index in [1.54, 1.807) is 42.5 Å². The first-order chi connectivity index (χ1) is 17.1. The van der Waals surface area contributed by atoms with Gasteiger partial charge in [0.05, 0.1) is 22.2 Å². The number of aromatic amines is 1. The third-order valence-corrected chi connectivity index (χ3v) is 5.75. The van der Waals surface area contributed by atoms with Crippen LogP contribution in [-0.4, -0.2) is 15.9 Å². The zero-order valence-electron chi connectivity index (χ0n) is 18.4. The average molecular weight is 480 g/mol. The number of ether oxygens (including phenoxy) is 1. The summed E-state index contributed by atoms with van der Waals surface area (Å²) < 4.78 is 11.4. The van der Waals surface area contributed by atoms with E-state index in [0.29, 0.717) is 39.1 Å². The molecule has 0 unspecified atom stereocenters. The Hall–Kier alpha value is -4.60. The molecule has 0 bridgehead atoms. The van der Waals surface area contributed by atoms with Crippen molar-refractivity contribution in [3.8, 4) is 17.4 Å². The van der Waals surface area contributed by atoms with Crippen LogP contribution in [0, 0.1) is 11.3 Å². The number of para-hydroxylation sites is 2. The summed E-state index contributed by atoms with van der Waals surface area (Å²) in [4.78, 5) is 20.2. The number of halogens is 1. The normalized spacial score (nSPS) is 11.4. The second kappa shape index (κ2) is 9.72. The quantitative estimate of drug-likeness (QED) is 0.211. The van der Waals surface area contributed by atoms with E-state index >= 15 is 0 Å². The van der Waals surface area contributed by atoms with Gasteiger partial charge in [0, 0.05) is 22.2 Å². The third-order valence-electron chi connectivity index (χ3n) is 5.38. The molecule has 7 heteroatoms. The summed E-state index contributed by atoms with van der Waals surface area (Å²) in [6.45, 7) is 0.0805. The molecule has 0 aliphatic heterocycles. The van der Waals surface area contributed by atoms with E-state index in [9.17, 15) is 10.1 Å². The van der Waals surface area contributed by atoms with E-state index in [-0.39, 0.29) is 6.61 Å². The minimum Gasteiger partial charge on any atom is -0.457 e. The molecule has 0 radical (unpaired) electrons. The number of hydrogen-bond acceptors (Lipinski definition) is 5. The molecule has 6 nitrogen and oxygen atoms in total. The molecule has 0 spiro atoms. The van der Waals surface area contributed by atoms with Crippen LogP contribution >= 0.6 is 11.6 Å². The Morgan fingerprint density at radius 2 is 1.89 bits per heavy atom. The standard InChI is InChI=1S/C28H18ClN3O3/c29-23-9-2-1-6-20(23)17-34-28(33)19-8-5-7-18(14-19)26-13-12-22(35-26)15-21(16-30)27-31-24-10-3-4-11-25(24)32-27/h1-15H,17H2,(H,31,32)/b21-15-. The first-order valence-electron chi connectivity index (χ1n) is 10.8. The van der Waals surface area contributed by atoms with Gasteiger partial charge in [-0.1, -0.05) is 54.1 Å². The van der Waals surface area contributed by atoms with Crippen molar-refractivity contribution in [1.29, 1.82) is 5.26 Å². The van der Waals surface area contributed by atoms with Gasteiger partial charge < -0.3 is 14.1 Å². The van der Waals surface area contributed by atoms with Crippen LogP contribution in [0.25, 0.3) is 34.0 Å². The minimum atomic E-state index is -0.463. The van der Waals surface area contributed by atoms with Crippen LogP contribution in [0.2, 0.25) is 5.02 Å². The number of nitriles is 1. The van der Waals surface area contributed by atoms with E-state index in [2.05, 4.69) is 16.0 Å². The SMILES string of the molecule is N#C/C(=C/c1ccc(-c2cccc(C(=O)OCc3ccccc3Cl)c2)o1)c1nc2ccccc2[nH]1. The average Bonchev–Trinajstić information content (AvgIpc) is 3.54. The lowest BCUT2D eigenvalue weighted by Gasteiger charge is -2.07. The van der Waals surface area contributed by atoms with Gasteiger partial charge in [0.15, 0.2) is 0 Å². The Kier molecular flexibility index (Phi) is 6.16. The highest BCUT2D eigenvalue weighted by Crippen LogP contribution is 2.26. The number of carbonyl (C=O) groups excluding carboxylic acids is 1. The van der Waals surface area contributed by atoms with Crippen molar-refractivity contribution in [2.45, 2.75) is 6.61 Å². The van der Waals surface area contributed by atoms with Crippen LogP contribution in [0.3, 0.4) is 0 Å². The molecule has 2 heterocycles. The van der Waals surface area contributed by atoms with Crippen molar-refractivity contribution in [2.75, 3.05) is 0 Å². The molecule has 170 valence electrons. The number of nitrogens with one attached hydrogen (secondary N) is 1. The second-order valence-corrected chi connectivity index (χ2v) is 8.13. The molecule has 0 saturated heterocycles. The number of carbonyl (C=O) groups is 1. The monoisotopic (exact) mass is 479 g/mol. The number of aromatic nitrogens is 2. The van der Waals surface area contributed by atoms with Gasteiger partial charge in [-0.15, -0.1) is 0 Å². The molecular formula is C28H18ClN3O3. The summed E-state index contributed by atoms with van der Waals surface area (Å²) in [6, 6.07) is 27.5. The topological polar surface area (TPSA) is 91.9 Å². The van der Waals surface area contributed by atoms with Gasteiger partial charge in [0.25, 0.3) is 0 Å². The number of benzene rings is 3. The summed E-state index contributed by atoms with van der Waals surface area (Å²) in [5.74, 6) is 1.05. The van der Waals surface area contributed by atoms with Crippen LogP contribution < -0.4 is 0 Å². The molecule has 0 aliphatic carbocycles. The van der Waals surface area contributed by atoms with Crippen molar-refractivity contribution in [3.05, 3.63) is 113 Å². The molecule has 0 saturated carbocycles. The van der Waals surface area contributed by atoms with Crippen molar-refractivity contribution < 1.29 is 13.9 Å². The van der Waals surface area contributed by atoms with Gasteiger partial charge in [-0.3, -0.25) is 0 Å². The number of imidazole rings is 1. The van der Waals surface area contributed by atoms with E-state index in [1.807, 2.05) is 48.5 Å². The molecule has 0 amide bonds. The predicted molar refractivity (Wildman–Crippen MR) is 134 cm³/mol. The van der Waals surface area contributed by atoms with E-state index in [4.69, 9.17) is 20.8 Å². The van der Waals surface area contributed by atoms with Crippen molar-refractivity contribution in [3.63, 3.8) is 0 Å². The third kappa shape index (κ3) is 4.86. The fraction of sp³-hybridized carbons (Fsp3) is 0.0357. The minimum absolute atomic E-state index is 0.0805. The largest absolute Gasteiger partial charge is 0.457 e. The summed E-state index contributed by atoms with van der Waals surface area (Å²) in [5.41, 5.74) is 3.81. The molecule has 5 rings (SSSR count). The molecule has 35 heavy (non-hydrogen) atoms. The van der Waals surface area contributed by atoms with Crippen LogP contribution in [0.4, 0.5) is 0 Å². The Labute approximate surface area is 206 Å². The molecule has 3 aromatic carbocycles. The van der Waals surface area contributed by atoms with E-state index in [1.165, 1.54) is 0 Å². The second-order valence-electron chi connectivity index (χ2n) is 7.72.